The third-order valence-electron chi connectivity index (χ3n) is 2.64. The summed E-state index contributed by atoms with van der Waals surface area (Å²) < 4.78 is 0. The van der Waals surface area contributed by atoms with Gasteiger partial charge in [0.25, 0.3) is 0 Å². The average molecular weight is 249 g/mol. The van der Waals surface area contributed by atoms with Crippen molar-refractivity contribution in [1.82, 2.24) is 0 Å². The van der Waals surface area contributed by atoms with Crippen LogP contribution in [0.2, 0.25) is 0 Å². The molecule has 0 aromatic heterocycles. The number of hydrogen-bond acceptors (Lipinski definition) is 5. The maximum atomic E-state index is 8.96. The van der Waals surface area contributed by atoms with Crippen molar-refractivity contribution in [2.75, 3.05) is 16.8 Å². The Hall–Kier alpha value is -3.18. The summed E-state index contributed by atoms with van der Waals surface area (Å²) in [6.07, 6.45) is 0. The standard InChI is InChI=1S/C14H11N5/c15-7-9-1-2-11(5-10(9)8-16)19-12-3-4-13(17)14(18)6-12/h1-6,19H,17-18H2. The smallest absolute Gasteiger partial charge is 0.101 e. The quantitative estimate of drug-likeness (QED) is 0.707. The summed E-state index contributed by atoms with van der Waals surface area (Å²) in [7, 11) is 0. The fourth-order valence-electron chi connectivity index (χ4n) is 1.63. The zero-order chi connectivity index (χ0) is 13.8. The molecule has 0 aliphatic heterocycles. The number of nitriles is 2. The van der Waals surface area contributed by atoms with E-state index in [1.54, 1.807) is 36.4 Å². The maximum Gasteiger partial charge on any atom is 0.101 e. The van der Waals surface area contributed by atoms with Crippen molar-refractivity contribution >= 4 is 22.7 Å². The highest BCUT2D eigenvalue weighted by Crippen LogP contribution is 2.24. The van der Waals surface area contributed by atoms with E-state index in [0.29, 0.717) is 28.2 Å². The van der Waals surface area contributed by atoms with Crippen LogP contribution in [-0.2, 0) is 0 Å². The molecule has 2 aromatic rings. The lowest BCUT2D eigenvalue weighted by Crippen LogP contribution is -1.97. The fourth-order valence-corrected chi connectivity index (χ4v) is 1.63. The molecule has 2 aromatic carbocycles. The lowest BCUT2D eigenvalue weighted by molar-refractivity contribution is 1.42. The van der Waals surface area contributed by atoms with Crippen molar-refractivity contribution in [3.05, 3.63) is 47.5 Å². The number of nitrogens with one attached hydrogen (secondary N) is 1. The van der Waals surface area contributed by atoms with Gasteiger partial charge in [0, 0.05) is 11.4 Å². The summed E-state index contributed by atoms with van der Waals surface area (Å²) in [6, 6.07) is 14.1. The Kier molecular flexibility index (Phi) is 3.22. The van der Waals surface area contributed by atoms with Crippen LogP contribution in [-0.4, -0.2) is 0 Å². The maximum absolute atomic E-state index is 8.96. The van der Waals surface area contributed by atoms with Crippen LogP contribution in [0.1, 0.15) is 11.1 Å². The number of rotatable bonds is 2. The first-order valence-electron chi connectivity index (χ1n) is 5.50. The Labute approximate surface area is 110 Å². The van der Waals surface area contributed by atoms with Gasteiger partial charge in [-0.15, -0.1) is 0 Å². The Bertz CT molecular complexity index is 707. The normalized spacial score (nSPS) is 9.37. The molecule has 0 fully saturated rings. The molecule has 0 amide bonds. The zero-order valence-electron chi connectivity index (χ0n) is 10.0. The monoisotopic (exact) mass is 249 g/mol. The minimum absolute atomic E-state index is 0.330. The molecule has 0 saturated heterocycles. The van der Waals surface area contributed by atoms with Gasteiger partial charge in [0.1, 0.15) is 12.1 Å². The summed E-state index contributed by atoms with van der Waals surface area (Å²) >= 11 is 0. The van der Waals surface area contributed by atoms with Crippen LogP contribution in [0, 0.1) is 22.7 Å². The summed E-state index contributed by atoms with van der Waals surface area (Å²) in [5.74, 6) is 0. The van der Waals surface area contributed by atoms with E-state index in [0.717, 1.165) is 5.69 Å². The van der Waals surface area contributed by atoms with E-state index in [1.807, 2.05) is 12.1 Å². The van der Waals surface area contributed by atoms with E-state index in [9.17, 15) is 0 Å². The molecule has 0 aliphatic rings. The predicted octanol–water partition coefficient (Wildman–Crippen LogP) is 2.34. The molecule has 0 aliphatic carbocycles. The molecular weight excluding hydrogens is 238 g/mol. The molecule has 0 heterocycles. The summed E-state index contributed by atoms with van der Waals surface area (Å²) in [5, 5.41) is 20.9. The van der Waals surface area contributed by atoms with Crippen LogP contribution in [0.5, 0.6) is 0 Å². The largest absolute Gasteiger partial charge is 0.397 e. The van der Waals surface area contributed by atoms with Gasteiger partial charge in [-0.2, -0.15) is 10.5 Å². The second-order valence-corrected chi connectivity index (χ2v) is 3.95. The van der Waals surface area contributed by atoms with Gasteiger partial charge in [-0.25, -0.2) is 0 Å². The second-order valence-electron chi connectivity index (χ2n) is 3.95. The van der Waals surface area contributed by atoms with Crippen LogP contribution in [0.25, 0.3) is 0 Å². The predicted molar refractivity (Wildman–Crippen MR) is 74.4 cm³/mol. The van der Waals surface area contributed by atoms with Crippen molar-refractivity contribution in [3.63, 3.8) is 0 Å². The minimum atomic E-state index is 0.330. The van der Waals surface area contributed by atoms with Gasteiger partial charge in [-0.1, -0.05) is 0 Å². The summed E-state index contributed by atoms with van der Waals surface area (Å²) in [5.41, 5.74) is 14.5. The van der Waals surface area contributed by atoms with Crippen LogP contribution >= 0.6 is 0 Å². The van der Waals surface area contributed by atoms with Crippen LogP contribution < -0.4 is 16.8 Å². The average Bonchev–Trinajstić information content (AvgIpc) is 2.43. The Morgan fingerprint density at radius 2 is 1.42 bits per heavy atom. The van der Waals surface area contributed by atoms with Crippen molar-refractivity contribution in [3.8, 4) is 12.1 Å². The molecule has 19 heavy (non-hydrogen) atoms. The van der Waals surface area contributed by atoms with Crippen molar-refractivity contribution < 1.29 is 0 Å². The van der Waals surface area contributed by atoms with E-state index in [2.05, 4.69) is 5.32 Å². The molecule has 5 heteroatoms. The van der Waals surface area contributed by atoms with Gasteiger partial charge in [-0.05, 0) is 36.4 Å². The van der Waals surface area contributed by atoms with Crippen molar-refractivity contribution in [2.24, 2.45) is 0 Å². The molecule has 5 nitrogen and oxygen atoms in total. The van der Waals surface area contributed by atoms with Gasteiger partial charge in [0.05, 0.1) is 22.5 Å². The van der Waals surface area contributed by atoms with Gasteiger partial charge < -0.3 is 16.8 Å². The highest BCUT2D eigenvalue weighted by molar-refractivity contribution is 5.73. The number of benzene rings is 2. The third-order valence-corrected chi connectivity index (χ3v) is 2.64. The Morgan fingerprint density at radius 1 is 0.789 bits per heavy atom. The minimum Gasteiger partial charge on any atom is -0.397 e. The van der Waals surface area contributed by atoms with E-state index in [4.69, 9.17) is 22.0 Å². The number of hydrogen-bond donors (Lipinski definition) is 3. The topological polar surface area (TPSA) is 112 Å². The number of nitrogen functional groups attached to an aromatic ring is 2. The second kappa shape index (κ2) is 4.99. The highest BCUT2D eigenvalue weighted by Gasteiger charge is 2.04. The van der Waals surface area contributed by atoms with Crippen molar-refractivity contribution in [1.29, 1.82) is 10.5 Å². The molecule has 0 saturated carbocycles. The fraction of sp³-hybridized carbons (Fsp3) is 0. The van der Waals surface area contributed by atoms with E-state index in [-0.39, 0.29) is 0 Å². The van der Waals surface area contributed by atoms with Gasteiger partial charge >= 0.3 is 0 Å². The van der Waals surface area contributed by atoms with Gasteiger partial charge in [0.15, 0.2) is 0 Å². The van der Waals surface area contributed by atoms with E-state index < -0.39 is 0 Å². The molecule has 5 N–H and O–H groups in total. The van der Waals surface area contributed by atoms with Crippen LogP contribution in [0.4, 0.5) is 22.7 Å². The molecule has 0 unspecified atom stereocenters. The zero-order valence-corrected chi connectivity index (χ0v) is 10.0. The first-order chi connectivity index (χ1) is 9.13. The number of nitrogens with zero attached hydrogens (tertiary/aromatic N) is 2. The van der Waals surface area contributed by atoms with Crippen LogP contribution in [0.3, 0.4) is 0 Å². The first-order valence-corrected chi connectivity index (χ1v) is 5.50. The van der Waals surface area contributed by atoms with Gasteiger partial charge in [-0.3, -0.25) is 0 Å². The number of nitrogens with two attached hydrogens (primary N) is 2. The van der Waals surface area contributed by atoms with Crippen molar-refractivity contribution in [2.45, 2.75) is 0 Å². The molecule has 2 rings (SSSR count). The molecular formula is C14H11N5. The molecule has 0 bridgehead atoms. The van der Waals surface area contributed by atoms with Gasteiger partial charge in [0.2, 0.25) is 0 Å². The molecule has 92 valence electrons. The lowest BCUT2D eigenvalue weighted by atomic mass is 10.1. The Balaban J connectivity index is 2.32. The number of anilines is 4. The molecule has 0 radical (unpaired) electrons. The lowest BCUT2D eigenvalue weighted by Gasteiger charge is -2.09. The molecule has 0 atom stereocenters. The molecule has 0 spiro atoms. The Morgan fingerprint density at radius 3 is 2.05 bits per heavy atom. The van der Waals surface area contributed by atoms with E-state index >= 15 is 0 Å². The van der Waals surface area contributed by atoms with Crippen LogP contribution in [0.15, 0.2) is 36.4 Å². The van der Waals surface area contributed by atoms with E-state index in [1.165, 1.54) is 0 Å². The summed E-state index contributed by atoms with van der Waals surface area (Å²) in [6.45, 7) is 0. The SMILES string of the molecule is N#Cc1ccc(Nc2ccc(N)c(N)c2)cc1C#N. The third kappa shape index (κ3) is 2.56. The summed E-state index contributed by atoms with van der Waals surface area (Å²) in [4.78, 5) is 0. The first kappa shape index (κ1) is 12.3. The highest BCUT2D eigenvalue weighted by atomic mass is 14.9.